The fraction of sp³-hybridized carbons (Fsp3) is 0.429. The zero-order chi connectivity index (χ0) is 8.97. The average molecular weight is 187 g/mol. The summed E-state index contributed by atoms with van der Waals surface area (Å²) >= 11 is 1.16. The maximum Gasteiger partial charge on any atom is 0.347 e. The molecule has 0 bridgehead atoms. The van der Waals surface area contributed by atoms with E-state index in [9.17, 15) is 4.79 Å². The maximum atomic E-state index is 10.4. The molecule has 0 fully saturated rings. The number of nitrogens with zero attached hydrogens (tertiary/aromatic N) is 1. The van der Waals surface area contributed by atoms with Crippen LogP contribution < -0.4 is 0 Å². The van der Waals surface area contributed by atoms with Crippen LogP contribution in [-0.4, -0.2) is 27.8 Å². The minimum atomic E-state index is -0.942. The lowest BCUT2D eigenvalue weighted by molar-refractivity contribution is 0.0702. The van der Waals surface area contributed by atoms with Crippen molar-refractivity contribution in [3.8, 4) is 0 Å². The summed E-state index contributed by atoms with van der Waals surface area (Å²) in [5, 5.41) is 17.8. The smallest absolute Gasteiger partial charge is 0.347 e. The molecule has 1 heterocycles. The van der Waals surface area contributed by atoms with Crippen LogP contribution in [0.4, 0.5) is 0 Å². The van der Waals surface area contributed by atoms with Crippen LogP contribution in [0.5, 0.6) is 0 Å². The molecule has 0 aliphatic rings. The molecule has 12 heavy (non-hydrogen) atoms. The summed E-state index contributed by atoms with van der Waals surface area (Å²) in [6.07, 6.45) is 2.63. The minimum Gasteiger partial charge on any atom is -0.477 e. The van der Waals surface area contributed by atoms with Gasteiger partial charge in [-0.2, -0.15) is 0 Å². The summed E-state index contributed by atoms with van der Waals surface area (Å²) in [5.74, 6) is -0.942. The van der Waals surface area contributed by atoms with E-state index < -0.39 is 5.97 Å². The molecule has 0 atom stereocenters. The van der Waals surface area contributed by atoms with Crippen LogP contribution in [0.2, 0.25) is 0 Å². The lowest BCUT2D eigenvalue weighted by atomic mass is 10.3. The van der Waals surface area contributed by atoms with Crippen LogP contribution in [0.3, 0.4) is 0 Å². The van der Waals surface area contributed by atoms with Gasteiger partial charge in [0.05, 0.1) is 11.2 Å². The number of carboxylic acid groups (broad SMARTS) is 1. The van der Waals surface area contributed by atoms with Gasteiger partial charge in [-0.25, -0.2) is 9.78 Å². The highest BCUT2D eigenvalue weighted by molar-refractivity contribution is 7.13. The van der Waals surface area contributed by atoms with Gasteiger partial charge in [-0.1, -0.05) is 0 Å². The Hall–Kier alpha value is -0.940. The molecule has 1 aromatic rings. The first-order valence-corrected chi connectivity index (χ1v) is 4.34. The average Bonchev–Trinajstić information content (AvgIpc) is 2.48. The molecule has 66 valence electrons. The van der Waals surface area contributed by atoms with Crippen molar-refractivity contribution in [1.29, 1.82) is 0 Å². The van der Waals surface area contributed by atoms with Gasteiger partial charge < -0.3 is 10.2 Å². The van der Waals surface area contributed by atoms with Gasteiger partial charge in [-0.05, 0) is 6.42 Å². The first-order valence-electron chi connectivity index (χ1n) is 3.53. The van der Waals surface area contributed by atoms with Crippen LogP contribution in [0, 0.1) is 0 Å². The molecular weight excluding hydrogens is 178 g/mol. The number of carbonyl (C=O) groups is 1. The highest BCUT2D eigenvalue weighted by Crippen LogP contribution is 2.13. The van der Waals surface area contributed by atoms with E-state index in [1.807, 2.05) is 0 Å². The molecule has 0 unspecified atom stereocenters. The van der Waals surface area contributed by atoms with Crippen LogP contribution in [-0.2, 0) is 6.42 Å². The first-order chi connectivity index (χ1) is 5.74. The number of hydrogen-bond donors (Lipinski definition) is 2. The van der Waals surface area contributed by atoms with Gasteiger partial charge in [0.25, 0.3) is 0 Å². The topological polar surface area (TPSA) is 70.4 Å². The van der Waals surface area contributed by atoms with E-state index in [1.165, 1.54) is 6.20 Å². The third-order valence-electron chi connectivity index (χ3n) is 1.31. The van der Waals surface area contributed by atoms with E-state index in [0.29, 0.717) is 12.8 Å². The number of carboxylic acids is 1. The number of hydrogen-bond acceptors (Lipinski definition) is 4. The third kappa shape index (κ3) is 2.28. The highest BCUT2D eigenvalue weighted by Gasteiger charge is 2.07. The van der Waals surface area contributed by atoms with Crippen LogP contribution in [0.25, 0.3) is 0 Å². The fourth-order valence-corrected chi connectivity index (χ4v) is 1.55. The predicted molar refractivity (Wildman–Crippen MR) is 44.5 cm³/mol. The SMILES string of the molecule is O=C(O)c1cnc(CCCO)s1. The quantitative estimate of drug-likeness (QED) is 0.730. The van der Waals surface area contributed by atoms with Crippen molar-refractivity contribution in [2.24, 2.45) is 0 Å². The summed E-state index contributed by atoms with van der Waals surface area (Å²) in [6.45, 7) is 0.113. The molecular formula is C7H9NO3S. The number of aromatic carboxylic acids is 1. The highest BCUT2D eigenvalue weighted by atomic mass is 32.1. The number of aryl methyl sites for hydroxylation is 1. The van der Waals surface area contributed by atoms with Gasteiger partial charge in [0.15, 0.2) is 0 Å². The second-order valence-corrected chi connectivity index (χ2v) is 3.37. The molecule has 0 saturated heterocycles. The monoisotopic (exact) mass is 187 g/mol. The van der Waals surface area contributed by atoms with Crippen molar-refractivity contribution in [1.82, 2.24) is 4.98 Å². The van der Waals surface area contributed by atoms with Crippen molar-refractivity contribution in [3.63, 3.8) is 0 Å². The molecule has 0 aliphatic heterocycles. The molecule has 0 aromatic carbocycles. The number of aliphatic hydroxyl groups is 1. The van der Waals surface area contributed by atoms with Gasteiger partial charge in [-0.3, -0.25) is 0 Å². The van der Waals surface area contributed by atoms with Crippen molar-refractivity contribution in [3.05, 3.63) is 16.1 Å². The zero-order valence-corrected chi connectivity index (χ0v) is 7.17. The lowest BCUT2D eigenvalue weighted by Crippen LogP contribution is -1.89. The molecule has 0 radical (unpaired) electrons. The van der Waals surface area contributed by atoms with Crippen LogP contribution in [0.1, 0.15) is 21.1 Å². The number of aromatic nitrogens is 1. The predicted octanol–water partition coefficient (Wildman–Crippen LogP) is 0.766. The Bertz CT molecular complexity index is 271. The number of aliphatic hydroxyl groups excluding tert-OH is 1. The summed E-state index contributed by atoms with van der Waals surface area (Å²) in [5.41, 5.74) is 0. The Balaban J connectivity index is 2.58. The van der Waals surface area contributed by atoms with Crippen molar-refractivity contribution in [2.45, 2.75) is 12.8 Å². The zero-order valence-electron chi connectivity index (χ0n) is 6.36. The van der Waals surface area contributed by atoms with Crippen molar-refractivity contribution >= 4 is 17.3 Å². The largest absolute Gasteiger partial charge is 0.477 e. The summed E-state index contributed by atoms with van der Waals surface area (Å²) < 4.78 is 0. The van der Waals surface area contributed by atoms with Gasteiger partial charge >= 0.3 is 5.97 Å². The number of thiazole rings is 1. The Morgan fingerprint density at radius 1 is 1.67 bits per heavy atom. The first kappa shape index (κ1) is 9.15. The second-order valence-electron chi connectivity index (χ2n) is 2.25. The van der Waals surface area contributed by atoms with E-state index in [2.05, 4.69) is 4.98 Å². The third-order valence-corrected chi connectivity index (χ3v) is 2.36. The fourth-order valence-electron chi connectivity index (χ4n) is 0.755. The van der Waals surface area contributed by atoms with Gasteiger partial charge in [0.1, 0.15) is 4.88 Å². The summed E-state index contributed by atoms with van der Waals surface area (Å²) in [7, 11) is 0. The summed E-state index contributed by atoms with van der Waals surface area (Å²) in [6, 6.07) is 0. The molecule has 0 saturated carbocycles. The standard InChI is InChI=1S/C7H9NO3S/c9-3-1-2-6-8-4-5(12-6)7(10)11/h4,9H,1-3H2,(H,10,11). The van der Waals surface area contributed by atoms with Gasteiger partial charge in [-0.15, -0.1) is 11.3 Å². The van der Waals surface area contributed by atoms with E-state index in [-0.39, 0.29) is 11.5 Å². The van der Waals surface area contributed by atoms with Crippen LogP contribution >= 0.6 is 11.3 Å². The summed E-state index contributed by atoms with van der Waals surface area (Å²) in [4.78, 5) is 14.6. The van der Waals surface area contributed by atoms with E-state index in [4.69, 9.17) is 10.2 Å². The molecule has 1 aromatic heterocycles. The molecule has 0 amide bonds. The normalized spacial score (nSPS) is 10.1. The molecule has 0 spiro atoms. The Morgan fingerprint density at radius 2 is 2.42 bits per heavy atom. The molecule has 0 aliphatic carbocycles. The molecule has 4 nitrogen and oxygen atoms in total. The van der Waals surface area contributed by atoms with Crippen molar-refractivity contribution in [2.75, 3.05) is 6.61 Å². The van der Waals surface area contributed by atoms with E-state index >= 15 is 0 Å². The van der Waals surface area contributed by atoms with Crippen LogP contribution in [0.15, 0.2) is 6.20 Å². The molecule has 1 rings (SSSR count). The minimum absolute atomic E-state index is 0.113. The van der Waals surface area contributed by atoms with E-state index in [0.717, 1.165) is 16.3 Å². The Kier molecular flexibility index (Phi) is 3.19. The second kappa shape index (κ2) is 4.18. The molecule has 5 heteroatoms. The van der Waals surface area contributed by atoms with Crippen molar-refractivity contribution < 1.29 is 15.0 Å². The Morgan fingerprint density at radius 3 is 2.92 bits per heavy atom. The maximum absolute atomic E-state index is 10.4. The van der Waals surface area contributed by atoms with E-state index in [1.54, 1.807) is 0 Å². The lowest BCUT2D eigenvalue weighted by Gasteiger charge is -1.89. The Labute approximate surface area is 73.5 Å². The molecule has 2 N–H and O–H groups in total. The number of rotatable bonds is 4. The van der Waals surface area contributed by atoms with Gasteiger partial charge in [0, 0.05) is 13.0 Å². The van der Waals surface area contributed by atoms with Gasteiger partial charge in [0.2, 0.25) is 0 Å².